The number of aromatic nitrogens is 2. The Morgan fingerprint density at radius 3 is 2.57 bits per heavy atom. The van der Waals surface area contributed by atoms with Crippen molar-refractivity contribution in [3.8, 4) is 0 Å². The van der Waals surface area contributed by atoms with Crippen LogP contribution in [0.25, 0.3) is 0 Å². The van der Waals surface area contributed by atoms with Gasteiger partial charge in [-0.3, -0.25) is 4.68 Å². The van der Waals surface area contributed by atoms with E-state index >= 15 is 0 Å². The van der Waals surface area contributed by atoms with Crippen molar-refractivity contribution in [3.05, 3.63) is 18.0 Å². The van der Waals surface area contributed by atoms with Crippen LogP contribution in [0.1, 0.15) is 82.4 Å². The zero-order valence-corrected chi connectivity index (χ0v) is 13.3. The van der Waals surface area contributed by atoms with Gasteiger partial charge in [-0.25, -0.2) is 0 Å². The molecule has 2 aliphatic carbocycles. The first-order valence-corrected chi connectivity index (χ1v) is 9.11. The molecule has 1 aromatic heterocycles. The minimum Gasteiger partial charge on any atom is -0.327 e. The average molecular weight is 289 g/mol. The lowest BCUT2D eigenvalue weighted by atomic mass is 9.96. The summed E-state index contributed by atoms with van der Waals surface area (Å²) >= 11 is 0. The largest absolute Gasteiger partial charge is 0.327 e. The lowest BCUT2D eigenvalue weighted by molar-refractivity contribution is 0.327. The molecular formula is C18H31N3. The molecule has 0 amide bonds. The second-order valence-electron chi connectivity index (χ2n) is 7.27. The van der Waals surface area contributed by atoms with Crippen LogP contribution in [0, 0.1) is 5.92 Å². The Morgan fingerprint density at radius 1 is 1.10 bits per heavy atom. The van der Waals surface area contributed by atoms with Crippen molar-refractivity contribution in [2.45, 2.75) is 89.1 Å². The summed E-state index contributed by atoms with van der Waals surface area (Å²) in [6.07, 6.45) is 18.1. The molecule has 118 valence electrons. The molecule has 0 bridgehead atoms. The van der Waals surface area contributed by atoms with Crippen molar-refractivity contribution in [1.82, 2.24) is 9.78 Å². The van der Waals surface area contributed by atoms with Crippen molar-refractivity contribution in [2.75, 3.05) is 0 Å². The van der Waals surface area contributed by atoms with Gasteiger partial charge in [-0.05, 0) is 37.7 Å². The normalized spacial score (nSPS) is 22.7. The average Bonchev–Trinajstić information content (AvgIpc) is 3.17. The molecule has 2 N–H and O–H groups in total. The second-order valence-corrected chi connectivity index (χ2v) is 7.27. The summed E-state index contributed by atoms with van der Waals surface area (Å²) in [7, 11) is 0. The van der Waals surface area contributed by atoms with Gasteiger partial charge in [0.2, 0.25) is 0 Å². The van der Waals surface area contributed by atoms with Gasteiger partial charge in [0.25, 0.3) is 0 Å². The minimum absolute atomic E-state index is 0.292. The predicted molar refractivity (Wildman–Crippen MR) is 87.2 cm³/mol. The van der Waals surface area contributed by atoms with E-state index in [-0.39, 0.29) is 0 Å². The van der Waals surface area contributed by atoms with Gasteiger partial charge in [-0.2, -0.15) is 5.10 Å². The van der Waals surface area contributed by atoms with Crippen LogP contribution in [0.3, 0.4) is 0 Å². The van der Waals surface area contributed by atoms with Crippen LogP contribution in [0.4, 0.5) is 0 Å². The summed E-state index contributed by atoms with van der Waals surface area (Å²) in [6.45, 7) is 0. The van der Waals surface area contributed by atoms with Crippen LogP contribution in [0.5, 0.6) is 0 Å². The van der Waals surface area contributed by atoms with Crippen LogP contribution in [-0.2, 0) is 6.42 Å². The van der Waals surface area contributed by atoms with E-state index in [0.717, 1.165) is 12.3 Å². The SMILES string of the molecule is NC(CCC1CCCC1)Cc1ccn(C2CCCCC2)n1. The molecular weight excluding hydrogens is 258 g/mol. The van der Waals surface area contributed by atoms with Crippen molar-refractivity contribution in [2.24, 2.45) is 11.7 Å². The van der Waals surface area contributed by atoms with Gasteiger partial charge in [0.15, 0.2) is 0 Å². The van der Waals surface area contributed by atoms with Crippen molar-refractivity contribution in [3.63, 3.8) is 0 Å². The van der Waals surface area contributed by atoms with Crippen LogP contribution >= 0.6 is 0 Å². The molecule has 0 spiro atoms. The molecule has 2 saturated carbocycles. The third kappa shape index (κ3) is 4.32. The monoisotopic (exact) mass is 289 g/mol. The summed E-state index contributed by atoms with van der Waals surface area (Å²) in [5, 5.41) is 4.79. The Balaban J connectivity index is 1.44. The Labute approximate surface area is 129 Å². The molecule has 0 aromatic carbocycles. The molecule has 0 aliphatic heterocycles. The molecule has 1 unspecified atom stereocenters. The Hall–Kier alpha value is -0.830. The number of nitrogens with zero attached hydrogens (tertiary/aromatic N) is 2. The maximum atomic E-state index is 6.32. The van der Waals surface area contributed by atoms with Gasteiger partial charge >= 0.3 is 0 Å². The minimum atomic E-state index is 0.292. The Morgan fingerprint density at radius 2 is 1.81 bits per heavy atom. The summed E-state index contributed by atoms with van der Waals surface area (Å²) in [5.74, 6) is 0.954. The molecule has 2 fully saturated rings. The number of hydrogen-bond acceptors (Lipinski definition) is 2. The standard InChI is InChI=1S/C18H31N3/c19-16(11-10-15-6-4-5-7-15)14-17-12-13-21(20-17)18-8-2-1-3-9-18/h12-13,15-16,18H,1-11,14,19H2. The topological polar surface area (TPSA) is 43.8 Å². The van der Waals surface area contributed by atoms with E-state index in [1.165, 1.54) is 76.3 Å². The lowest BCUT2D eigenvalue weighted by Gasteiger charge is -2.21. The van der Waals surface area contributed by atoms with E-state index in [1.54, 1.807) is 0 Å². The molecule has 3 rings (SSSR count). The molecule has 1 atom stereocenters. The molecule has 0 radical (unpaired) electrons. The first kappa shape index (κ1) is 15.1. The van der Waals surface area contributed by atoms with Gasteiger partial charge in [-0.15, -0.1) is 0 Å². The molecule has 21 heavy (non-hydrogen) atoms. The quantitative estimate of drug-likeness (QED) is 0.851. The van der Waals surface area contributed by atoms with E-state index in [2.05, 4.69) is 16.9 Å². The van der Waals surface area contributed by atoms with Crippen LogP contribution in [-0.4, -0.2) is 15.8 Å². The lowest BCUT2D eigenvalue weighted by Crippen LogP contribution is -2.24. The number of nitrogens with two attached hydrogens (primary N) is 1. The predicted octanol–water partition coefficient (Wildman–Crippen LogP) is 4.23. The smallest absolute Gasteiger partial charge is 0.0640 e. The fraction of sp³-hybridized carbons (Fsp3) is 0.833. The van der Waals surface area contributed by atoms with Gasteiger partial charge < -0.3 is 5.73 Å². The Kier molecular flexibility index (Phi) is 5.34. The van der Waals surface area contributed by atoms with Crippen molar-refractivity contribution < 1.29 is 0 Å². The van der Waals surface area contributed by atoms with E-state index in [4.69, 9.17) is 10.8 Å². The fourth-order valence-corrected chi connectivity index (χ4v) is 4.15. The van der Waals surface area contributed by atoms with Crippen LogP contribution < -0.4 is 5.73 Å². The summed E-state index contributed by atoms with van der Waals surface area (Å²) < 4.78 is 2.21. The van der Waals surface area contributed by atoms with E-state index in [1.807, 2.05) is 0 Å². The van der Waals surface area contributed by atoms with Crippen molar-refractivity contribution >= 4 is 0 Å². The molecule has 0 saturated heterocycles. The number of hydrogen-bond donors (Lipinski definition) is 1. The van der Waals surface area contributed by atoms with Crippen molar-refractivity contribution in [1.29, 1.82) is 0 Å². The molecule has 3 nitrogen and oxygen atoms in total. The van der Waals surface area contributed by atoms with E-state index < -0.39 is 0 Å². The highest BCUT2D eigenvalue weighted by Crippen LogP contribution is 2.29. The van der Waals surface area contributed by atoms with Gasteiger partial charge in [0.05, 0.1) is 11.7 Å². The maximum Gasteiger partial charge on any atom is 0.0640 e. The maximum absolute atomic E-state index is 6.32. The van der Waals surface area contributed by atoms with Gasteiger partial charge in [0.1, 0.15) is 0 Å². The summed E-state index contributed by atoms with van der Waals surface area (Å²) in [4.78, 5) is 0. The molecule has 1 heterocycles. The highest BCUT2D eigenvalue weighted by atomic mass is 15.3. The first-order chi connectivity index (χ1) is 10.3. The van der Waals surface area contributed by atoms with E-state index in [9.17, 15) is 0 Å². The second kappa shape index (κ2) is 7.44. The van der Waals surface area contributed by atoms with Crippen LogP contribution in [0.15, 0.2) is 12.3 Å². The highest BCUT2D eigenvalue weighted by Gasteiger charge is 2.18. The van der Waals surface area contributed by atoms with Gasteiger partial charge in [-0.1, -0.05) is 44.9 Å². The summed E-state index contributed by atoms with van der Waals surface area (Å²) in [5.41, 5.74) is 7.52. The van der Waals surface area contributed by atoms with Gasteiger partial charge in [0, 0.05) is 18.7 Å². The van der Waals surface area contributed by atoms with E-state index in [0.29, 0.717) is 12.1 Å². The fourth-order valence-electron chi connectivity index (χ4n) is 4.15. The van der Waals surface area contributed by atoms with Crippen LogP contribution in [0.2, 0.25) is 0 Å². The zero-order valence-electron chi connectivity index (χ0n) is 13.3. The third-order valence-electron chi connectivity index (χ3n) is 5.50. The molecule has 3 heteroatoms. The molecule has 2 aliphatic rings. The first-order valence-electron chi connectivity index (χ1n) is 9.11. The molecule has 1 aromatic rings. The Bertz CT molecular complexity index is 414. The highest BCUT2D eigenvalue weighted by molar-refractivity contribution is 5.02. The zero-order chi connectivity index (χ0) is 14.5. The number of rotatable bonds is 6. The third-order valence-corrected chi connectivity index (χ3v) is 5.50. The summed E-state index contributed by atoms with van der Waals surface area (Å²) in [6, 6.07) is 3.12.